The van der Waals surface area contributed by atoms with Gasteiger partial charge in [0.15, 0.2) is 0 Å². The molecule has 0 bridgehead atoms. The fraction of sp³-hybridized carbons (Fsp3) is 0.500. The molecule has 11 nitrogen and oxygen atoms in total. The maximum absolute atomic E-state index is 13.4. The van der Waals surface area contributed by atoms with Crippen LogP contribution in [0.1, 0.15) is 46.7 Å². The topological polar surface area (TPSA) is 147 Å². The van der Waals surface area contributed by atoms with Crippen LogP contribution in [0.4, 0.5) is 5.69 Å². The van der Waals surface area contributed by atoms with Crippen LogP contribution >= 0.6 is 0 Å². The Balaban J connectivity index is 1.95. The monoisotopic (exact) mass is 521 g/mol. The lowest BCUT2D eigenvalue weighted by atomic mass is 10.1. The predicted molar refractivity (Wildman–Crippen MR) is 136 cm³/mol. The van der Waals surface area contributed by atoms with Crippen molar-refractivity contribution in [1.29, 1.82) is 0 Å². The molecule has 2 heterocycles. The number of sulfonamides is 1. The number of aliphatic hydroxyl groups excluding tert-OH is 1. The van der Waals surface area contributed by atoms with Crippen LogP contribution in [-0.4, -0.2) is 85.0 Å². The zero-order chi connectivity index (χ0) is 26.5. The highest BCUT2D eigenvalue weighted by molar-refractivity contribution is 7.89. The van der Waals surface area contributed by atoms with Crippen molar-refractivity contribution in [1.82, 2.24) is 13.8 Å². The van der Waals surface area contributed by atoms with Crippen molar-refractivity contribution < 1.29 is 27.9 Å². The molecule has 2 aromatic rings. The number of primary amides is 1. The Morgan fingerprint density at radius 2 is 1.86 bits per heavy atom. The third kappa shape index (κ3) is 5.89. The van der Waals surface area contributed by atoms with Gasteiger partial charge in [-0.3, -0.25) is 14.5 Å². The van der Waals surface area contributed by atoms with E-state index in [-0.39, 0.29) is 48.2 Å². The number of aromatic nitrogens is 1. The Labute approximate surface area is 211 Å². The second-order valence-corrected chi connectivity index (χ2v) is 10.6. The highest BCUT2D eigenvalue weighted by atomic mass is 32.2. The fourth-order valence-electron chi connectivity index (χ4n) is 4.38. The van der Waals surface area contributed by atoms with Crippen molar-refractivity contribution in [2.75, 3.05) is 51.3 Å². The number of hydrogen-bond acceptors (Lipinski definition) is 7. The number of carbonyl (C=O) groups excluding carboxylic acids is 2. The average molecular weight is 522 g/mol. The van der Waals surface area contributed by atoms with Crippen LogP contribution in [0.25, 0.3) is 0 Å². The van der Waals surface area contributed by atoms with Crippen LogP contribution in [0.15, 0.2) is 29.3 Å². The number of benzene rings is 1. The highest BCUT2D eigenvalue weighted by Crippen LogP contribution is 2.29. The minimum absolute atomic E-state index is 0.0168. The first kappa shape index (κ1) is 27.7. The summed E-state index contributed by atoms with van der Waals surface area (Å²) in [6, 6.07) is 4.21. The Kier molecular flexibility index (Phi) is 9.12. The van der Waals surface area contributed by atoms with Crippen LogP contribution in [0.5, 0.6) is 5.75 Å². The predicted octanol–water partition coefficient (Wildman–Crippen LogP) is 1.03. The van der Waals surface area contributed by atoms with Crippen molar-refractivity contribution in [3.63, 3.8) is 0 Å². The summed E-state index contributed by atoms with van der Waals surface area (Å²) in [6.07, 6.45) is 3.15. The summed E-state index contributed by atoms with van der Waals surface area (Å²) in [4.78, 5) is 27.5. The van der Waals surface area contributed by atoms with Gasteiger partial charge in [0.25, 0.3) is 11.8 Å². The van der Waals surface area contributed by atoms with Crippen molar-refractivity contribution in [3.8, 4) is 5.75 Å². The van der Waals surface area contributed by atoms with Gasteiger partial charge in [-0.2, -0.15) is 4.31 Å². The quantitative estimate of drug-likeness (QED) is 0.400. The van der Waals surface area contributed by atoms with Gasteiger partial charge < -0.3 is 25.5 Å². The standard InChI is InChI=1S/C24H35N5O6S/c1-4-6-17-16-27(3)22(23(25)31)21(17)26-24(32)19-15-18(7-8-20(19)35-5-2)36(33,34)29-11-9-28(10-12-29)13-14-30/h7-8,15-16,30H,4-6,9-14H2,1-3H3,(H2,25,31)(H,26,32). The minimum atomic E-state index is -3.86. The number of amides is 2. The molecular formula is C24H35N5O6S. The van der Waals surface area contributed by atoms with E-state index in [1.807, 2.05) is 11.8 Å². The number of nitrogens with zero attached hydrogens (tertiary/aromatic N) is 3. The van der Waals surface area contributed by atoms with E-state index in [2.05, 4.69) is 5.32 Å². The Morgan fingerprint density at radius 3 is 2.44 bits per heavy atom. The third-order valence-electron chi connectivity index (χ3n) is 6.13. The molecule has 1 aromatic carbocycles. The average Bonchev–Trinajstić information content (AvgIpc) is 3.14. The molecule has 1 aliphatic rings. The zero-order valence-electron chi connectivity index (χ0n) is 21.0. The van der Waals surface area contributed by atoms with Gasteiger partial charge in [-0.05, 0) is 37.1 Å². The Morgan fingerprint density at radius 1 is 1.17 bits per heavy atom. The summed E-state index contributed by atoms with van der Waals surface area (Å²) < 4.78 is 35.3. The second-order valence-electron chi connectivity index (χ2n) is 8.62. The van der Waals surface area contributed by atoms with Gasteiger partial charge in [-0.1, -0.05) is 13.3 Å². The van der Waals surface area contributed by atoms with Gasteiger partial charge in [0.05, 0.1) is 29.4 Å². The molecule has 0 unspecified atom stereocenters. The molecule has 0 spiro atoms. The number of aliphatic hydroxyl groups is 1. The number of rotatable bonds is 11. The smallest absolute Gasteiger partial charge is 0.267 e. The maximum Gasteiger partial charge on any atom is 0.267 e. The number of ether oxygens (including phenoxy) is 1. The van der Waals surface area contributed by atoms with E-state index in [4.69, 9.17) is 15.6 Å². The lowest BCUT2D eigenvalue weighted by Crippen LogP contribution is -2.49. The van der Waals surface area contributed by atoms with Gasteiger partial charge in [0.2, 0.25) is 10.0 Å². The number of β-amino-alcohol motifs (C(OH)–C–C–N with tert-alkyl or cyclic N) is 1. The summed E-state index contributed by atoms with van der Waals surface area (Å²) in [6.45, 7) is 6.11. The van der Waals surface area contributed by atoms with Crippen LogP contribution in [0.2, 0.25) is 0 Å². The molecule has 4 N–H and O–H groups in total. The first-order chi connectivity index (χ1) is 17.1. The summed E-state index contributed by atoms with van der Waals surface area (Å²) in [7, 11) is -2.19. The Bertz CT molecular complexity index is 1200. The normalized spacial score (nSPS) is 15.1. The lowest BCUT2D eigenvalue weighted by Gasteiger charge is -2.33. The number of hydrogen-bond donors (Lipinski definition) is 3. The third-order valence-corrected chi connectivity index (χ3v) is 8.03. The van der Waals surface area contributed by atoms with E-state index < -0.39 is 21.8 Å². The van der Waals surface area contributed by atoms with Gasteiger partial charge in [0, 0.05) is 46.0 Å². The van der Waals surface area contributed by atoms with Crippen molar-refractivity contribution in [2.45, 2.75) is 31.6 Å². The summed E-state index contributed by atoms with van der Waals surface area (Å²) in [5, 5.41) is 11.9. The van der Waals surface area contributed by atoms with E-state index in [1.165, 1.54) is 22.5 Å². The molecule has 3 rings (SSSR count). The molecule has 2 amide bonds. The highest BCUT2D eigenvalue weighted by Gasteiger charge is 2.30. The second kappa shape index (κ2) is 11.9. The van der Waals surface area contributed by atoms with Crippen LogP contribution < -0.4 is 15.8 Å². The summed E-state index contributed by atoms with van der Waals surface area (Å²) in [5.74, 6) is -1.05. The van der Waals surface area contributed by atoms with E-state index in [9.17, 15) is 18.0 Å². The van der Waals surface area contributed by atoms with Crippen LogP contribution in [-0.2, 0) is 23.5 Å². The molecule has 1 aromatic heterocycles. The number of carbonyl (C=O) groups is 2. The summed E-state index contributed by atoms with van der Waals surface area (Å²) >= 11 is 0. The molecule has 1 saturated heterocycles. The van der Waals surface area contributed by atoms with Crippen LogP contribution in [0.3, 0.4) is 0 Å². The number of nitrogens with one attached hydrogen (secondary N) is 1. The molecule has 0 aliphatic carbocycles. The van der Waals surface area contributed by atoms with E-state index in [0.717, 1.165) is 12.0 Å². The number of piperazine rings is 1. The van der Waals surface area contributed by atoms with E-state index >= 15 is 0 Å². The molecule has 12 heteroatoms. The maximum atomic E-state index is 13.4. The molecule has 1 fully saturated rings. The molecule has 0 radical (unpaired) electrons. The van der Waals surface area contributed by atoms with Gasteiger partial charge in [-0.15, -0.1) is 0 Å². The minimum Gasteiger partial charge on any atom is -0.493 e. The van der Waals surface area contributed by atoms with Gasteiger partial charge in [-0.25, -0.2) is 8.42 Å². The van der Waals surface area contributed by atoms with Crippen molar-refractivity contribution in [3.05, 3.63) is 41.2 Å². The van der Waals surface area contributed by atoms with Gasteiger partial charge >= 0.3 is 0 Å². The molecule has 0 saturated carbocycles. The van der Waals surface area contributed by atoms with E-state index in [1.54, 1.807) is 24.7 Å². The van der Waals surface area contributed by atoms with Crippen LogP contribution in [0, 0.1) is 0 Å². The van der Waals surface area contributed by atoms with Gasteiger partial charge in [0.1, 0.15) is 11.4 Å². The first-order valence-electron chi connectivity index (χ1n) is 12.0. The number of anilines is 1. The largest absolute Gasteiger partial charge is 0.493 e. The fourth-order valence-corrected chi connectivity index (χ4v) is 5.83. The molecule has 36 heavy (non-hydrogen) atoms. The summed E-state index contributed by atoms with van der Waals surface area (Å²) in [5.41, 5.74) is 6.84. The number of aryl methyl sites for hydroxylation is 2. The van der Waals surface area contributed by atoms with Crippen molar-refractivity contribution in [2.24, 2.45) is 12.8 Å². The van der Waals surface area contributed by atoms with E-state index in [0.29, 0.717) is 31.7 Å². The molecular weight excluding hydrogens is 486 g/mol. The lowest BCUT2D eigenvalue weighted by molar-refractivity contribution is 0.0993. The molecule has 0 atom stereocenters. The SMILES string of the molecule is CCCc1cn(C)c(C(N)=O)c1NC(=O)c1cc(S(=O)(=O)N2CCN(CCO)CC2)ccc1OCC. The molecule has 198 valence electrons. The molecule has 1 aliphatic heterocycles. The first-order valence-corrected chi connectivity index (χ1v) is 13.5. The zero-order valence-corrected chi connectivity index (χ0v) is 21.8. The van der Waals surface area contributed by atoms with Crippen molar-refractivity contribution >= 4 is 27.5 Å². The Hall–Kier alpha value is -2.93. The number of nitrogens with two attached hydrogens (primary N) is 1.